The van der Waals surface area contributed by atoms with Crippen LogP contribution in [0, 0.1) is 0 Å². The molecule has 0 saturated heterocycles. The van der Waals surface area contributed by atoms with Gasteiger partial charge in [-0.3, -0.25) is 0 Å². The molecular weight excluding hydrogens is 300 g/mol. The van der Waals surface area contributed by atoms with E-state index in [2.05, 4.69) is 31.7 Å². The van der Waals surface area contributed by atoms with Gasteiger partial charge in [0.25, 0.3) is 0 Å². The molecule has 2 aromatic rings. The summed E-state index contributed by atoms with van der Waals surface area (Å²) in [7, 11) is 0. The van der Waals surface area contributed by atoms with Crippen molar-refractivity contribution >= 4 is 5.97 Å². The first-order valence-corrected chi connectivity index (χ1v) is 8.19. The molecule has 3 heteroatoms. The molecule has 0 saturated carbocycles. The van der Waals surface area contributed by atoms with Crippen LogP contribution in [-0.4, -0.2) is 11.1 Å². The zero-order valence-corrected chi connectivity index (χ0v) is 14.3. The first-order chi connectivity index (χ1) is 11.5. The fourth-order valence-electron chi connectivity index (χ4n) is 2.52. The Kier molecular flexibility index (Phi) is 6.33. The minimum Gasteiger partial charge on any atom is -0.457 e. The topological polar surface area (TPSA) is 46.5 Å². The molecule has 0 unspecified atom stereocenters. The zero-order valence-electron chi connectivity index (χ0n) is 14.3. The van der Waals surface area contributed by atoms with E-state index < -0.39 is 0 Å². The monoisotopic (exact) mass is 324 g/mol. The highest BCUT2D eigenvalue weighted by Crippen LogP contribution is 2.25. The van der Waals surface area contributed by atoms with E-state index in [4.69, 9.17) is 9.84 Å². The number of benzene rings is 2. The molecule has 0 bridgehead atoms. The third kappa shape index (κ3) is 4.56. The van der Waals surface area contributed by atoms with E-state index in [1.807, 2.05) is 24.3 Å². The molecule has 0 atom stereocenters. The lowest BCUT2D eigenvalue weighted by atomic mass is 9.96. The van der Waals surface area contributed by atoms with Crippen LogP contribution in [0.1, 0.15) is 37.0 Å². The molecule has 24 heavy (non-hydrogen) atoms. The molecule has 3 nitrogen and oxygen atoms in total. The van der Waals surface area contributed by atoms with Gasteiger partial charge in [0.05, 0.1) is 6.61 Å². The summed E-state index contributed by atoms with van der Waals surface area (Å²) in [5.74, 6) is -0.366. The molecule has 0 aliphatic heterocycles. The number of carbonyl (C=O) groups is 1. The van der Waals surface area contributed by atoms with Crippen LogP contribution in [0.4, 0.5) is 0 Å². The summed E-state index contributed by atoms with van der Waals surface area (Å²) < 4.78 is 5.33. The standard InChI is InChI=1S/C21H24O3/c1-4-5-17-10-11-19(18-8-6-16(13-22)7-9-18)12-20(17)14-24-21(23)15(2)3/h6-12,22H,2,4-5,13-14H2,1,3H3. The molecule has 0 aliphatic carbocycles. The van der Waals surface area contributed by atoms with E-state index >= 15 is 0 Å². The van der Waals surface area contributed by atoms with Gasteiger partial charge in [0.2, 0.25) is 0 Å². The molecule has 0 amide bonds. The van der Waals surface area contributed by atoms with Gasteiger partial charge in [-0.1, -0.05) is 56.3 Å². The summed E-state index contributed by atoms with van der Waals surface area (Å²) in [6.07, 6.45) is 1.98. The maximum absolute atomic E-state index is 11.7. The van der Waals surface area contributed by atoms with Crippen molar-refractivity contribution in [1.29, 1.82) is 0 Å². The molecule has 2 aromatic carbocycles. The average Bonchev–Trinajstić information content (AvgIpc) is 2.60. The Bertz CT molecular complexity index is 714. The lowest BCUT2D eigenvalue weighted by Crippen LogP contribution is -2.06. The highest BCUT2D eigenvalue weighted by Gasteiger charge is 2.09. The van der Waals surface area contributed by atoms with Crippen molar-refractivity contribution in [2.45, 2.75) is 39.9 Å². The van der Waals surface area contributed by atoms with Crippen molar-refractivity contribution in [3.05, 3.63) is 71.3 Å². The first kappa shape index (κ1) is 18.0. The van der Waals surface area contributed by atoms with Crippen molar-refractivity contribution in [2.75, 3.05) is 0 Å². The lowest BCUT2D eigenvalue weighted by molar-refractivity contribution is -0.140. The predicted molar refractivity (Wildman–Crippen MR) is 96.4 cm³/mol. The second-order valence-corrected chi connectivity index (χ2v) is 5.94. The summed E-state index contributed by atoms with van der Waals surface area (Å²) in [6.45, 7) is 7.68. The number of hydrogen-bond donors (Lipinski definition) is 1. The number of carbonyl (C=O) groups excluding carboxylic acids is 1. The van der Waals surface area contributed by atoms with Gasteiger partial charge in [0.15, 0.2) is 0 Å². The maximum atomic E-state index is 11.7. The molecule has 0 aromatic heterocycles. The predicted octanol–water partition coefficient (Wildman–Crippen LogP) is 4.42. The number of ether oxygens (including phenoxy) is 1. The highest BCUT2D eigenvalue weighted by atomic mass is 16.5. The summed E-state index contributed by atoms with van der Waals surface area (Å²) in [4.78, 5) is 11.7. The van der Waals surface area contributed by atoms with Gasteiger partial charge in [-0.15, -0.1) is 0 Å². The van der Waals surface area contributed by atoms with Crippen LogP contribution in [0.3, 0.4) is 0 Å². The van der Waals surface area contributed by atoms with Gasteiger partial charge >= 0.3 is 5.97 Å². The number of aryl methyl sites for hydroxylation is 1. The van der Waals surface area contributed by atoms with Crippen LogP contribution < -0.4 is 0 Å². The van der Waals surface area contributed by atoms with E-state index in [1.54, 1.807) is 6.92 Å². The second kappa shape index (κ2) is 8.46. The number of aliphatic hydroxyl groups is 1. The van der Waals surface area contributed by atoms with E-state index in [-0.39, 0.29) is 19.2 Å². The van der Waals surface area contributed by atoms with Crippen LogP contribution >= 0.6 is 0 Å². The summed E-state index contributed by atoms with van der Waals surface area (Å²) in [5.41, 5.74) is 5.65. The fourth-order valence-corrected chi connectivity index (χ4v) is 2.52. The average molecular weight is 324 g/mol. The Morgan fingerprint density at radius 1 is 1.08 bits per heavy atom. The minimum atomic E-state index is -0.366. The lowest BCUT2D eigenvalue weighted by Gasteiger charge is -2.13. The summed E-state index contributed by atoms with van der Waals surface area (Å²) >= 11 is 0. The molecule has 2 rings (SSSR count). The van der Waals surface area contributed by atoms with E-state index in [1.165, 1.54) is 5.56 Å². The van der Waals surface area contributed by atoms with Crippen LogP contribution in [0.5, 0.6) is 0 Å². The third-order valence-corrected chi connectivity index (χ3v) is 3.90. The van der Waals surface area contributed by atoms with Crippen molar-refractivity contribution in [3.63, 3.8) is 0 Å². The molecule has 0 fully saturated rings. The summed E-state index contributed by atoms with van der Waals surface area (Å²) in [6, 6.07) is 14.1. The molecule has 0 heterocycles. The Balaban J connectivity index is 2.28. The minimum absolute atomic E-state index is 0.0395. The molecule has 1 N–H and O–H groups in total. The Labute approximate surface area is 143 Å². The first-order valence-electron chi connectivity index (χ1n) is 8.19. The zero-order chi connectivity index (χ0) is 17.5. The van der Waals surface area contributed by atoms with Gasteiger partial charge in [-0.2, -0.15) is 0 Å². The van der Waals surface area contributed by atoms with Gasteiger partial charge in [0.1, 0.15) is 6.61 Å². The van der Waals surface area contributed by atoms with Gasteiger partial charge < -0.3 is 9.84 Å². The fraction of sp³-hybridized carbons (Fsp3) is 0.286. The van der Waals surface area contributed by atoms with Gasteiger partial charge in [0, 0.05) is 5.57 Å². The van der Waals surface area contributed by atoms with Crippen molar-refractivity contribution < 1.29 is 14.6 Å². The smallest absolute Gasteiger partial charge is 0.333 e. The summed E-state index contributed by atoms with van der Waals surface area (Å²) in [5, 5.41) is 9.15. The molecule has 0 radical (unpaired) electrons. The number of aliphatic hydroxyl groups excluding tert-OH is 1. The Morgan fingerprint density at radius 3 is 2.33 bits per heavy atom. The Morgan fingerprint density at radius 2 is 1.75 bits per heavy atom. The normalized spacial score (nSPS) is 10.5. The van der Waals surface area contributed by atoms with Crippen molar-refractivity contribution in [2.24, 2.45) is 0 Å². The quantitative estimate of drug-likeness (QED) is 0.606. The third-order valence-electron chi connectivity index (χ3n) is 3.90. The molecular formula is C21H24O3. The number of hydrogen-bond acceptors (Lipinski definition) is 3. The van der Waals surface area contributed by atoms with Crippen LogP contribution in [0.15, 0.2) is 54.6 Å². The second-order valence-electron chi connectivity index (χ2n) is 5.94. The maximum Gasteiger partial charge on any atom is 0.333 e. The van der Waals surface area contributed by atoms with Crippen LogP contribution in [-0.2, 0) is 29.2 Å². The van der Waals surface area contributed by atoms with E-state index in [0.717, 1.165) is 35.1 Å². The molecule has 0 aliphatic rings. The number of rotatable bonds is 7. The SMILES string of the molecule is C=C(C)C(=O)OCc1cc(-c2ccc(CO)cc2)ccc1CCC. The molecule has 126 valence electrons. The van der Waals surface area contributed by atoms with E-state index in [0.29, 0.717) is 5.57 Å². The largest absolute Gasteiger partial charge is 0.457 e. The Hall–Kier alpha value is -2.39. The van der Waals surface area contributed by atoms with Crippen LogP contribution in [0.25, 0.3) is 11.1 Å². The van der Waals surface area contributed by atoms with Gasteiger partial charge in [-0.25, -0.2) is 4.79 Å². The van der Waals surface area contributed by atoms with Crippen molar-refractivity contribution in [1.82, 2.24) is 0 Å². The van der Waals surface area contributed by atoms with Crippen LogP contribution in [0.2, 0.25) is 0 Å². The van der Waals surface area contributed by atoms with Crippen molar-refractivity contribution in [3.8, 4) is 11.1 Å². The van der Waals surface area contributed by atoms with E-state index in [9.17, 15) is 4.79 Å². The highest BCUT2D eigenvalue weighted by molar-refractivity contribution is 5.86. The van der Waals surface area contributed by atoms with Gasteiger partial charge in [-0.05, 0) is 47.2 Å². The molecule has 0 spiro atoms. The number of esters is 1.